The molecule has 0 radical (unpaired) electrons. The first-order chi connectivity index (χ1) is 7.83. The van der Waals surface area contributed by atoms with Gasteiger partial charge in [-0.15, -0.1) is 11.6 Å². The Morgan fingerprint density at radius 1 is 1.24 bits per heavy atom. The minimum absolute atomic E-state index is 0.00423. The van der Waals surface area contributed by atoms with E-state index < -0.39 is 10.0 Å². The third-order valence-corrected chi connectivity index (χ3v) is 5.26. The summed E-state index contributed by atoms with van der Waals surface area (Å²) in [5.41, 5.74) is 0. The van der Waals surface area contributed by atoms with Crippen LogP contribution in [0.15, 0.2) is 0 Å². The molecule has 6 heteroatoms. The van der Waals surface area contributed by atoms with E-state index in [1.165, 1.54) is 0 Å². The van der Waals surface area contributed by atoms with Crippen LogP contribution in [-0.2, 0) is 10.0 Å². The summed E-state index contributed by atoms with van der Waals surface area (Å²) in [5.74, 6) is 0.533. The molecule has 17 heavy (non-hydrogen) atoms. The molecule has 0 aromatic carbocycles. The van der Waals surface area contributed by atoms with Crippen LogP contribution in [0.3, 0.4) is 0 Å². The van der Waals surface area contributed by atoms with Gasteiger partial charge in [0, 0.05) is 19.0 Å². The molecule has 0 rings (SSSR count). The summed E-state index contributed by atoms with van der Waals surface area (Å²) >= 11 is 5.66. The molecule has 0 saturated heterocycles. The van der Waals surface area contributed by atoms with Gasteiger partial charge < -0.3 is 4.90 Å². The van der Waals surface area contributed by atoms with Crippen molar-refractivity contribution in [2.45, 2.75) is 20.3 Å². The smallest absolute Gasteiger partial charge is 0.214 e. The summed E-state index contributed by atoms with van der Waals surface area (Å²) in [7, 11) is 0.822. The highest BCUT2D eigenvalue weighted by molar-refractivity contribution is 7.89. The van der Waals surface area contributed by atoms with Crippen molar-refractivity contribution in [1.29, 1.82) is 0 Å². The van der Waals surface area contributed by atoms with Crippen molar-refractivity contribution in [3.63, 3.8) is 0 Å². The number of nitrogens with zero attached hydrogens (tertiary/aromatic N) is 2. The molecule has 0 saturated carbocycles. The van der Waals surface area contributed by atoms with Crippen LogP contribution >= 0.6 is 11.6 Å². The highest BCUT2D eigenvalue weighted by Crippen LogP contribution is 2.09. The fourth-order valence-electron chi connectivity index (χ4n) is 1.57. The van der Waals surface area contributed by atoms with Gasteiger partial charge in [0.25, 0.3) is 0 Å². The minimum Gasteiger partial charge on any atom is -0.309 e. The van der Waals surface area contributed by atoms with Crippen LogP contribution in [0.4, 0.5) is 0 Å². The van der Waals surface area contributed by atoms with Crippen LogP contribution in [-0.4, -0.2) is 63.0 Å². The standard InChI is InChI=1S/C11H25ClN2O2S/c1-5-14(8-6-7-13(3)4)17(15,16)10-11(2)9-12/h11H,5-10H2,1-4H3. The van der Waals surface area contributed by atoms with Crippen LogP contribution in [0.1, 0.15) is 20.3 Å². The van der Waals surface area contributed by atoms with Gasteiger partial charge >= 0.3 is 0 Å². The maximum atomic E-state index is 12.1. The molecule has 1 unspecified atom stereocenters. The summed E-state index contributed by atoms with van der Waals surface area (Å²) in [4.78, 5) is 2.06. The molecule has 0 aliphatic carbocycles. The van der Waals surface area contributed by atoms with Crippen molar-refractivity contribution in [1.82, 2.24) is 9.21 Å². The molecule has 1 atom stereocenters. The van der Waals surface area contributed by atoms with Gasteiger partial charge in [0.2, 0.25) is 10.0 Å². The number of halogens is 1. The molecule has 0 aliphatic heterocycles. The van der Waals surface area contributed by atoms with Crippen LogP contribution in [0, 0.1) is 5.92 Å². The molecule has 0 aromatic heterocycles. The molecule has 0 aliphatic rings. The summed E-state index contributed by atoms with van der Waals surface area (Å²) in [5, 5.41) is 0. The lowest BCUT2D eigenvalue weighted by molar-refractivity contribution is 0.355. The van der Waals surface area contributed by atoms with E-state index >= 15 is 0 Å². The predicted octanol–water partition coefficient (Wildman–Crippen LogP) is 1.46. The second-order valence-corrected chi connectivity index (χ2v) is 7.01. The fourth-order valence-corrected chi connectivity index (χ4v) is 3.65. The van der Waals surface area contributed by atoms with Crippen molar-refractivity contribution < 1.29 is 8.42 Å². The topological polar surface area (TPSA) is 40.6 Å². The van der Waals surface area contributed by atoms with Gasteiger partial charge in [-0.05, 0) is 33.0 Å². The minimum atomic E-state index is -3.15. The van der Waals surface area contributed by atoms with Crippen LogP contribution in [0.25, 0.3) is 0 Å². The number of alkyl halides is 1. The Balaban J connectivity index is 4.32. The first-order valence-corrected chi connectivity index (χ1v) is 8.16. The molecule has 0 spiro atoms. The maximum absolute atomic E-state index is 12.1. The zero-order valence-electron chi connectivity index (χ0n) is 11.3. The van der Waals surface area contributed by atoms with Gasteiger partial charge in [0.05, 0.1) is 5.75 Å². The summed E-state index contributed by atoms with van der Waals surface area (Å²) < 4.78 is 25.7. The molecule has 0 aromatic rings. The van der Waals surface area contributed by atoms with Crippen molar-refractivity contribution in [2.75, 3.05) is 45.4 Å². The van der Waals surface area contributed by atoms with E-state index in [9.17, 15) is 8.42 Å². The zero-order valence-corrected chi connectivity index (χ0v) is 12.9. The quantitative estimate of drug-likeness (QED) is 0.602. The maximum Gasteiger partial charge on any atom is 0.214 e. The van der Waals surface area contributed by atoms with E-state index in [2.05, 4.69) is 4.90 Å². The fraction of sp³-hybridized carbons (Fsp3) is 1.00. The van der Waals surface area contributed by atoms with Crippen molar-refractivity contribution in [3.8, 4) is 0 Å². The number of rotatable bonds is 9. The average molecular weight is 285 g/mol. The Labute approximate surface area is 111 Å². The molecule has 0 heterocycles. The molecule has 0 amide bonds. The zero-order chi connectivity index (χ0) is 13.5. The largest absolute Gasteiger partial charge is 0.309 e. The van der Waals surface area contributed by atoms with Gasteiger partial charge in [-0.3, -0.25) is 0 Å². The summed E-state index contributed by atoms with van der Waals surface area (Å²) in [6.07, 6.45) is 0.856. The van der Waals surface area contributed by atoms with E-state index in [0.29, 0.717) is 19.0 Å². The van der Waals surface area contributed by atoms with E-state index in [1.54, 1.807) is 4.31 Å². The number of sulfonamides is 1. The molecular weight excluding hydrogens is 260 g/mol. The summed E-state index contributed by atoms with van der Waals surface area (Å²) in [6.45, 7) is 5.75. The number of hydrogen-bond donors (Lipinski definition) is 0. The van der Waals surface area contributed by atoms with Crippen LogP contribution in [0.2, 0.25) is 0 Å². The molecule has 104 valence electrons. The van der Waals surface area contributed by atoms with Crippen LogP contribution in [0.5, 0.6) is 0 Å². The third kappa shape index (κ3) is 7.24. The molecule has 0 fully saturated rings. The highest BCUT2D eigenvalue weighted by Gasteiger charge is 2.22. The Hall–Kier alpha value is 0.160. The van der Waals surface area contributed by atoms with Crippen molar-refractivity contribution in [3.05, 3.63) is 0 Å². The van der Waals surface area contributed by atoms with E-state index in [-0.39, 0.29) is 11.7 Å². The number of hydrogen-bond acceptors (Lipinski definition) is 3. The van der Waals surface area contributed by atoms with Gasteiger partial charge in [-0.2, -0.15) is 0 Å². The predicted molar refractivity (Wildman–Crippen MR) is 74.1 cm³/mol. The van der Waals surface area contributed by atoms with Gasteiger partial charge in [0.15, 0.2) is 0 Å². The third-order valence-electron chi connectivity index (χ3n) is 2.52. The Morgan fingerprint density at radius 2 is 1.82 bits per heavy atom. The van der Waals surface area contributed by atoms with Crippen LogP contribution < -0.4 is 0 Å². The molecule has 0 bridgehead atoms. The molecule has 4 nitrogen and oxygen atoms in total. The molecule has 0 N–H and O–H groups in total. The van der Waals surface area contributed by atoms with Gasteiger partial charge in [0.1, 0.15) is 0 Å². The highest BCUT2D eigenvalue weighted by atomic mass is 35.5. The first kappa shape index (κ1) is 17.2. The van der Waals surface area contributed by atoms with Crippen molar-refractivity contribution in [2.24, 2.45) is 5.92 Å². The second kappa shape index (κ2) is 8.29. The lowest BCUT2D eigenvalue weighted by Gasteiger charge is -2.22. The Morgan fingerprint density at radius 3 is 2.24 bits per heavy atom. The van der Waals surface area contributed by atoms with E-state index in [1.807, 2.05) is 27.9 Å². The van der Waals surface area contributed by atoms with E-state index in [4.69, 9.17) is 11.6 Å². The first-order valence-electron chi connectivity index (χ1n) is 6.02. The summed E-state index contributed by atoms with van der Waals surface area (Å²) in [6, 6.07) is 0. The lowest BCUT2D eigenvalue weighted by Crippen LogP contribution is -2.36. The SMILES string of the molecule is CCN(CCCN(C)C)S(=O)(=O)CC(C)CCl. The molecular formula is C11H25ClN2O2S. The lowest BCUT2D eigenvalue weighted by atomic mass is 10.3. The normalized spacial score (nSPS) is 14.5. The monoisotopic (exact) mass is 284 g/mol. The Bertz CT molecular complexity index is 294. The van der Waals surface area contributed by atoms with Crippen molar-refractivity contribution >= 4 is 21.6 Å². The Kier molecular flexibility index (Phi) is 8.37. The van der Waals surface area contributed by atoms with E-state index in [0.717, 1.165) is 13.0 Å². The van der Waals surface area contributed by atoms with Gasteiger partial charge in [-0.25, -0.2) is 12.7 Å². The average Bonchev–Trinajstić information content (AvgIpc) is 2.22. The second-order valence-electron chi connectivity index (χ2n) is 4.69. The van der Waals surface area contributed by atoms with Gasteiger partial charge in [-0.1, -0.05) is 13.8 Å².